The van der Waals surface area contributed by atoms with Crippen LogP contribution in [0.1, 0.15) is 28.4 Å². The summed E-state index contributed by atoms with van der Waals surface area (Å²) in [6.07, 6.45) is 2.25. The number of fused-ring (bicyclic) bond motifs is 4. The molecule has 10 heteroatoms. The number of amides is 1. The van der Waals surface area contributed by atoms with Crippen LogP contribution in [0.15, 0.2) is 79.0 Å². The molecule has 0 spiro atoms. The fourth-order valence-corrected chi connectivity index (χ4v) is 5.45. The Balaban J connectivity index is 1.30. The maximum Gasteiger partial charge on any atom is 0.326 e. The highest BCUT2D eigenvalue weighted by Gasteiger charge is 2.35. The van der Waals surface area contributed by atoms with E-state index in [4.69, 9.17) is 0 Å². The van der Waals surface area contributed by atoms with Crippen molar-refractivity contribution >= 4 is 39.4 Å². The van der Waals surface area contributed by atoms with E-state index < -0.39 is 34.9 Å². The molecule has 0 aliphatic carbocycles. The predicted molar refractivity (Wildman–Crippen MR) is 145 cm³/mol. The smallest absolute Gasteiger partial charge is 0.326 e. The molecule has 0 saturated heterocycles. The molecule has 39 heavy (non-hydrogen) atoms. The van der Waals surface area contributed by atoms with Crippen LogP contribution in [0.2, 0.25) is 0 Å². The second kappa shape index (κ2) is 9.73. The van der Waals surface area contributed by atoms with E-state index in [-0.39, 0.29) is 12.1 Å². The van der Waals surface area contributed by atoms with E-state index in [0.29, 0.717) is 6.42 Å². The van der Waals surface area contributed by atoms with Crippen molar-refractivity contribution in [2.45, 2.75) is 31.0 Å². The molecule has 10 nitrogen and oxygen atoms in total. The lowest BCUT2D eigenvalue weighted by Crippen LogP contribution is -2.54. The first kappa shape index (κ1) is 24.4. The number of benzene rings is 3. The number of para-hydroxylation sites is 2. The van der Waals surface area contributed by atoms with Gasteiger partial charge in [0, 0.05) is 52.3 Å². The summed E-state index contributed by atoms with van der Waals surface area (Å²) >= 11 is 0. The molecule has 0 radical (unpaired) electrons. The summed E-state index contributed by atoms with van der Waals surface area (Å²) in [5.41, 5.74) is 5.17. The SMILES string of the molecule is O=C(O)[C@H](Cc1c[nH]c2ccccc12)NC(=O)[C@@H]1Cc2c([nH]c3ccccc23)[C@H](c2ccc([N+](=O)[O-])cc2)N1. The van der Waals surface area contributed by atoms with Crippen LogP contribution in [0.25, 0.3) is 21.8 Å². The standard InChI is InChI=1S/C29H25N5O5/c35-28(33-25(29(36)37)13-17-15-30-22-7-3-1-5-19(17)22)24-14-21-20-6-2-4-8-23(20)31-27(21)26(32-24)16-9-11-18(12-10-16)34(38)39/h1-12,15,24-26,30-32H,13-14H2,(H,33,35)(H,36,37)/t24-,25-,26-/m0/s1. The molecule has 0 unspecified atom stereocenters. The molecule has 5 aromatic rings. The second-order valence-corrected chi connectivity index (χ2v) is 9.73. The van der Waals surface area contributed by atoms with Gasteiger partial charge in [-0.25, -0.2) is 4.79 Å². The quantitative estimate of drug-likeness (QED) is 0.161. The summed E-state index contributed by atoms with van der Waals surface area (Å²) in [6.45, 7) is 0. The summed E-state index contributed by atoms with van der Waals surface area (Å²) in [5.74, 6) is -1.55. The van der Waals surface area contributed by atoms with E-state index in [1.807, 2.05) is 48.5 Å². The molecule has 3 atom stereocenters. The lowest BCUT2D eigenvalue weighted by molar-refractivity contribution is -0.384. The zero-order chi connectivity index (χ0) is 27.1. The number of nitro benzene ring substituents is 1. The number of nitrogens with zero attached hydrogens (tertiary/aromatic N) is 1. The van der Waals surface area contributed by atoms with Crippen LogP contribution in [-0.4, -0.2) is 44.0 Å². The highest BCUT2D eigenvalue weighted by molar-refractivity contribution is 5.91. The monoisotopic (exact) mass is 523 g/mol. The van der Waals surface area contributed by atoms with Gasteiger partial charge in [0.2, 0.25) is 5.91 Å². The van der Waals surface area contributed by atoms with E-state index in [2.05, 4.69) is 20.6 Å². The Kier molecular flexibility index (Phi) is 6.08. The molecular formula is C29H25N5O5. The number of nitro groups is 1. The van der Waals surface area contributed by atoms with Crippen molar-refractivity contribution in [3.05, 3.63) is 111 Å². The maximum atomic E-state index is 13.5. The molecular weight excluding hydrogens is 498 g/mol. The predicted octanol–water partition coefficient (Wildman–Crippen LogP) is 3.97. The number of nitrogens with one attached hydrogen (secondary N) is 4. The van der Waals surface area contributed by atoms with Gasteiger partial charge in [0.1, 0.15) is 6.04 Å². The average molecular weight is 524 g/mol. The van der Waals surface area contributed by atoms with Gasteiger partial charge in [-0.3, -0.25) is 20.2 Å². The lowest BCUT2D eigenvalue weighted by Gasteiger charge is -2.31. The van der Waals surface area contributed by atoms with Crippen LogP contribution >= 0.6 is 0 Å². The molecule has 2 aromatic heterocycles. The molecule has 6 rings (SSSR count). The third kappa shape index (κ3) is 4.51. The maximum absolute atomic E-state index is 13.5. The normalized spacial score (nSPS) is 17.5. The molecule has 1 aliphatic rings. The number of aliphatic carboxylic acids is 1. The van der Waals surface area contributed by atoms with Crippen molar-refractivity contribution in [2.24, 2.45) is 0 Å². The Bertz CT molecular complexity index is 1720. The number of carbonyl (C=O) groups excluding carboxylic acids is 1. The number of non-ortho nitro benzene ring substituents is 1. The van der Waals surface area contributed by atoms with E-state index in [9.17, 15) is 24.8 Å². The Morgan fingerprint density at radius 1 is 1.00 bits per heavy atom. The lowest BCUT2D eigenvalue weighted by atomic mass is 9.89. The largest absolute Gasteiger partial charge is 0.480 e. The summed E-state index contributed by atoms with van der Waals surface area (Å²) < 4.78 is 0. The van der Waals surface area contributed by atoms with Crippen molar-refractivity contribution in [1.29, 1.82) is 0 Å². The van der Waals surface area contributed by atoms with Gasteiger partial charge >= 0.3 is 5.97 Å². The number of rotatable bonds is 7. The van der Waals surface area contributed by atoms with E-state index in [1.165, 1.54) is 12.1 Å². The first-order valence-corrected chi connectivity index (χ1v) is 12.6. The highest BCUT2D eigenvalue weighted by Crippen LogP contribution is 2.35. The van der Waals surface area contributed by atoms with Gasteiger partial charge in [-0.15, -0.1) is 0 Å². The first-order valence-electron chi connectivity index (χ1n) is 12.6. The van der Waals surface area contributed by atoms with Crippen LogP contribution < -0.4 is 10.6 Å². The molecule has 0 fully saturated rings. The van der Waals surface area contributed by atoms with E-state index in [1.54, 1.807) is 18.3 Å². The topological polar surface area (TPSA) is 153 Å². The van der Waals surface area contributed by atoms with Crippen molar-refractivity contribution in [3.63, 3.8) is 0 Å². The van der Waals surface area contributed by atoms with Crippen molar-refractivity contribution in [3.8, 4) is 0 Å². The number of hydrogen-bond donors (Lipinski definition) is 5. The number of carboxylic acid groups (broad SMARTS) is 1. The minimum absolute atomic E-state index is 0.0256. The fraction of sp³-hybridized carbons (Fsp3) is 0.172. The number of aromatic amines is 2. The number of hydrogen-bond acceptors (Lipinski definition) is 5. The molecule has 196 valence electrons. The van der Waals surface area contributed by atoms with Crippen molar-refractivity contribution < 1.29 is 19.6 Å². The molecule has 3 heterocycles. The van der Waals surface area contributed by atoms with Crippen molar-refractivity contribution in [1.82, 2.24) is 20.6 Å². The van der Waals surface area contributed by atoms with Gasteiger partial charge in [-0.1, -0.05) is 48.5 Å². The number of H-pyrrole nitrogens is 2. The Morgan fingerprint density at radius 2 is 1.69 bits per heavy atom. The van der Waals surface area contributed by atoms with E-state index in [0.717, 1.165) is 44.2 Å². The van der Waals surface area contributed by atoms with Crippen LogP contribution in [0.3, 0.4) is 0 Å². The summed E-state index contributed by atoms with van der Waals surface area (Å²) in [5, 5.41) is 29.1. The zero-order valence-corrected chi connectivity index (χ0v) is 20.7. The molecule has 3 aromatic carbocycles. The van der Waals surface area contributed by atoms with Gasteiger partial charge in [0.25, 0.3) is 5.69 Å². The molecule has 0 saturated carbocycles. The number of aromatic nitrogens is 2. The highest BCUT2D eigenvalue weighted by atomic mass is 16.6. The number of carboxylic acids is 1. The minimum atomic E-state index is -1.12. The Labute approximate surface area is 222 Å². The third-order valence-corrected chi connectivity index (χ3v) is 7.38. The minimum Gasteiger partial charge on any atom is -0.480 e. The van der Waals surface area contributed by atoms with Gasteiger partial charge in [-0.2, -0.15) is 0 Å². The molecule has 0 bridgehead atoms. The van der Waals surface area contributed by atoms with E-state index >= 15 is 0 Å². The average Bonchev–Trinajstić information content (AvgIpc) is 3.53. The van der Waals surface area contributed by atoms with Gasteiger partial charge in [0.05, 0.1) is 17.0 Å². The fourth-order valence-electron chi connectivity index (χ4n) is 5.45. The molecule has 1 amide bonds. The van der Waals surface area contributed by atoms with Gasteiger partial charge < -0.3 is 20.4 Å². The van der Waals surface area contributed by atoms with Crippen LogP contribution in [0, 0.1) is 10.1 Å². The number of carbonyl (C=O) groups is 2. The van der Waals surface area contributed by atoms with Crippen molar-refractivity contribution in [2.75, 3.05) is 0 Å². The van der Waals surface area contributed by atoms with Crippen LogP contribution in [0.5, 0.6) is 0 Å². The summed E-state index contributed by atoms with van der Waals surface area (Å²) in [7, 11) is 0. The Hall–Kier alpha value is -4.96. The first-order chi connectivity index (χ1) is 18.9. The van der Waals surface area contributed by atoms with Crippen LogP contribution in [0.4, 0.5) is 5.69 Å². The van der Waals surface area contributed by atoms with Crippen LogP contribution in [-0.2, 0) is 22.4 Å². The zero-order valence-electron chi connectivity index (χ0n) is 20.7. The molecule has 5 N–H and O–H groups in total. The Morgan fingerprint density at radius 3 is 2.41 bits per heavy atom. The van der Waals surface area contributed by atoms with Gasteiger partial charge in [0.15, 0.2) is 0 Å². The summed E-state index contributed by atoms with van der Waals surface area (Å²) in [6, 6.07) is 19.3. The third-order valence-electron chi connectivity index (χ3n) is 7.38. The second-order valence-electron chi connectivity index (χ2n) is 9.73. The molecule has 1 aliphatic heterocycles. The summed E-state index contributed by atoms with van der Waals surface area (Å²) in [4.78, 5) is 43.0. The van der Waals surface area contributed by atoms with Gasteiger partial charge in [-0.05, 0) is 35.2 Å².